The standard InChI is InChI=1S/C23H26FN5O2S2/c1-13(2)32-22-20(29-9-7-15(12-25)8-10-29)28-23(33-22)27-19(21(30)31)18(14(3)26)16-5-4-6-17(24)11-16/h4-6,11,13,15,26H,7-10H2,1-3H3,(H,27,28)(H,30,31)/b19-18+,26-14?. The van der Waals surface area contributed by atoms with Gasteiger partial charge in [-0.25, -0.2) is 14.2 Å². The molecule has 0 aliphatic carbocycles. The summed E-state index contributed by atoms with van der Waals surface area (Å²) in [5.41, 5.74) is 0.182. The second-order valence-electron chi connectivity index (χ2n) is 8.00. The van der Waals surface area contributed by atoms with E-state index < -0.39 is 11.8 Å². The van der Waals surface area contributed by atoms with Gasteiger partial charge in [-0.1, -0.05) is 37.3 Å². The van der Waals surface area contributed by atoms with E-state index in [0.29, 0.717) is 29.0 Å². The van der Waals surface area contributed by atoms with E-state index in [0.717, 1.165) is 22.9 Å². The molecule has 0 bridgehead atoms. The summed E-state index contributed by atoms with van der Waals surface area (Å²) < 4.78 is 14.8. The van der Waals surface area contributed by atoms with Gasteiger partial charge in [0.05, 0.1) is 6.07 Å². The smallest absolute Gasteiger partial charge is 0.353 e. The molecule has 0 amide bonds. The third kappa shape index (κ3) is 6.12. The molecule has 1 aromatic heterocycles. The van der Waals surface area contributed by atoms with Crippen LogP contribution < -0.4 is 10.2 Å². The Morgan fingerprint density at radius 3 is 2.67 bits per heavy atom. The highest BCUT2D eigenvalue weighted by molar-refractivity contribution is 8.01. The van der Waals surface area contributed by atoms with E-state index in [1.807, 2.05) is 0 Å². The maximum absolute atomic E-state index is 13.8. The SMILES string of the molecule is CC(=N)/C(=C(\Nc1nc(N2CCC(C#N)CC2)c(SC(C)C)s1)C(=O)O)c1cccc(F)c1. The number of rotatable bonds is 8. The number of thiazole rings is 1. The Bertz CT molecular complexity index is 1110. The summed E-state index contributed by atoms with van der Waals surface area (Å²) in [7, 11) is 0. The number of carbonyl (C=O) groups is 1. The van der Waals surface area contributed by atoms with Gasteiger partial charge < -0.3 is 20.7 Å². The van der Waals surface area contributed by atoms with Crippen LogP contribution in [0.15, 0.2) is 34.2 Å². The minimum atomic E-state index is -1.26. The Kier molecular flexibility index (Phi) is 8.10. The minimum Gasteiger partial charge on any atom is -0.477 e. The predicted octanol–water partition coefficient (Wildman–Crippen LogP) is 5.47. The van der Waals surface area contributed by atoms with Crippen LogP contribution in [0.2, 0.25) is 0 Å². The van der Waals surface area contributed by atoms with Crippen molar-refractivity contribution >= 4 is 51.3 Å². The number of benzene rings is 1. The van der Waals surface area contributed by atoms with Gasteiger partial charge in [0.2, 0.25) is 0 Å². The van der Waals surface area contributed by atoms with Crippen molar-refractivity contribution in [1.82, 2.24) is 4.98 Å². The van der Waals surface area contributed by atoms with E-state index in [1.54, 1.807) is 17.8 Å². The normalized spacial score (nSPS) is 15.2. The largest absolute Gasteiger partial charge is 0.477 e. The van der Waals surface area contributed by atoms with Gasteiger partial charge in [-0.3, -0.25) is 0 Å². The number of aliphatic carboxylic acids is 1. The third-order valence-electron chi connectivity index (χ3n) is 5.08. The molecule has 0 saturated carbocycles. The summed E-state index contributed by atoms with van der Waals surface area (Å²) in [4.78, 5) is 19.0. The van der Waals surface area contributed by atoms with Crippen LogP contribution in [-0.4, -0.2) is 40.1 Å². The van der Waals surface area contributed by atoms with Crippen molar-refractivity contribution in [2.75, 3.05) is 23.3 Å². The van der Waals surface area contributed by atoms with Gasteiger partial charge in [0.25, 0.3) is 0 Å². The Morgan fingerprint density at radius 1 is 1.42 bits per heavy atom. The van der Waals surface area contributed by atoms with Crippen LogP contribution in [0.5, 0.6) is 0 Å². The summed E-state index contributed by atoms with van der Waals surface area (Å²) in [6, 6.07) is 7.87. The number of nitrogens with one attached hydrogen (secondary N) is 2. The van der Waals surface area contributed by atoms with Gasteiger partial charge in [0, 0.05) is 35.5 Å². The molecular formula is C23H26FN5O2S2. The summed E-state index contributed by atoms with van der Waals surface area (Å²) in [5.74, 6) is -0.944. The van der Waals surface area contributed by atoms with E-state index in [4.69, 9.17) is 10.4 Å². The summed E-state index contributed by atoms with van der Waals surface area (Å²) in [6.07, 6.45) is 1.53. The minimum absolute atomic E-state index is 0.00219. The molecule has 3 rings (SSSR count). The Labute approximate surface area is 200 Å². The van der Waals surface area contributed by atoms with Crippen molar-refractivity contribution in [3.8, 4) is 6.07 Å². The van der Waals surface area contributed by atoms with Crippen molar-refractivity contribution < 1.29 is 14.3 Å². The molecule has 10 heteroatoms. The Hall–Kier alpha value is -2.90. The van der Waals surface area contributed by atoms with Gasteiger partial charge in [-0.15, -0.1) is 11.8 Å². The molecule has 174 valence electrons. The first kappa shape index (κ1) is 24.7. The highest BCUT2D eigenvalue weighted by Gasteiger charge is 2.26. The van der Waals surface area contributed by atoms with E-state index >= 15 is 0 Å². The lowest BCUT2D eigenvalue weighted by atomic mass is 9.99. The highest BCUT2D eigenvalue weighted by atomic mass is 32.2. The van der Waals surface area contributed by atoms with Crippen molar-refractivity contribution in [3.05, 3.63) is 41.3 Å². The molecule has 7 nitrogen and oxygen atoms in total. The number of carboxylic acids is 1. The average molecular weight is 488 g/mol. The topological polar surface area (TPSA) is 113 Å². The van der Waals surface area contributed by atoms with Crippen LogP contribution in [0, 0.1) is 28.5 Å². The lowest BCUT2D eigenvalue weighted by Crippen LogP contribution is -2.33. The molecule has 1 aromatic carbocycles. The highest BCUT2D eigenvalue weighted by Crippen LogP contribution is 2.41. The zero-order valence-corrected chi connectivity index (χ0v) is 20.3. The second kappa shape index (κ2) is 10.8. The first-order chi connectivity index (χ1) is 15.7. The zero-order valence-electron chi connectivity index (χ0n) is 18.7. The van der Waals surface area contributed by atoms with Crippen molar-refractivity contribution in [2.45, 2.75) is 43.1 Å². The lowest BCUT2D eigenvalue weighted by Gasteiger charge is -2.30. The van der Waals surface area contributed by atoms with Crippen molar-refractivity contribution in [2.24, 2.45) is 5.92 Å². The average Bonchev–Trinajstić information content (AvgIpc) is 3.14. The Morgan fingerprint density at radius 2 is 2.12 bits per heavy atom. The van der Waals surface area contributed by atoms with Gasteiger partial charge >= 0.3 is 5.97 Å². The summed E-state index contributed by atoms with van der Waals surface area (Å²) in [6.45, 7) is 7.04. The molecule has 0 unspecified atom stereocenters. The predicted molar refractivity (Wildman–Crippen MR) is 132 cm³/mol. The number of nitriles is 1. The number of hydrogen-bond donors (Lipinski definition) is 3. The van der Waals surface area contributed by atoms with Crippen LogP contribution in [0.25, 0.3) is 5.57 Å². The van der Waals surface area contributed by atoms with Gasteiger partial charge in [0.1, 0.15) is 15.7 Å². The Balaban J connectivity index is 2.01. The molecule has 33 heavy (non-hydrogen) atoms. The number of thioether (sulfide) groups is 1. The van der Waals surface area contributed by atoms with Gasteiger partial charge in [0.15, 0.2) is 10.9 Å². The van der Waals surface area contributed by atoms with Crippen LogP contribution in [0.4, 0.5) is 15.3 Å². The summed E-state index contributed by atoms with van der Waals surface area (Å²) >= 11 is 3.00. The molecule has 0 spiro atoms. The van der Waals surface area contributed by atoms with Crippen LogP contribution >= 0.6 is 23.1 Å². The van der Waals surface area contributed by atoms with Crippen LogP contribution in [0.3, 0.4) is 0 Å². The maximum Gasteiger partial charge on any atom is 0.353 e. The van der Waals surface area contributed by atoms with E-state index in [-0.39, 0.29) is 22.9 Å². The molecule has 0 atom stereocenters. The molecule has 3 N–H and O–H groups in total. The van der Waals surface area contributed by atoms with Crippen molar-refractivity contribution in [1.29, 1.82) is 10.7 Å². The molecule has 1 aliphatic heterocycles. The van der Waals surface area contributed by atoms with E-state index in [1.165, 1.54) is 36.5 Å². The lowest BCUT2D eigenvalue weighted by molar-refractivity contribution is -0.132. The fourth-order valence-electron chi connectivity index (χ4n) is 3.58. The number of nitrogens with zero attached hydrogens (tertiary/aromatic N) is 3. The number of anilines is 2. The van der Waals surface area contributed by atoms with Crippen LogP contribution in [0.1, 0.15) is 39.2 Å². The maximum atomic E-state index is 13.8. The van der Waals surface area contributed by atoms with Crippen LogP contribution in [-0.2, 0) is 4.79 Å². The fourth-order valence-corrected chi connectivity index (χ4v) is 6.03. The van der Waals surface area contributed by atoms with Gasteiger partial charge in [-0.05, 0) is 37.5 Å². The van der Waals surface area contributed by atoms with Crippen molar-refractivity contribution in [3.63, 3.8) is 0 Å². The first-order valence-electron chi connectivity index (χ1n) is 10.6. The number of halogens is 1. The second-order valence-corrected chi connectivity index (χ2v) is 10.8. The molecular weight excluding hydrogens is 461 g/mol. The molecule has 0 radical (unpaired) electrons. The monoisotopic (exact) mass is 487 g/mol. The number of hydrogen-bond acceptors (Lipinski definition) is 8. The molecule has 1 fully saturated rings. The van der Waals surface area contributed by atoms with Gasteiger partial charge in [-0.2, -0.15) is 5.26 Å². The number of aromatic nitrogens is 1. The van der Waals surface area contributed by atoms with E-state index in [9.17, 15) is 19.6 Å². The fraction of sp³-hybridized carbons (Fsp3) is 0.391. The van der Waals surface area contributed by atoms with E-state index in [2.05, 4.69) is 30.1 Å². The molecule has 2 aromatic rings. The molecule has 1 saturated heterocycles. The third-order valence-corrected chi connectivity index (χ3v) is 7.24. The number of carboxylic acid groups (broad SMARTS) is 1. The summed E-state index contributed by atoms with van der Waals surface area (Å²) in [5, 5.41) is 30.9. The quantitative estimate of drug-likeness (QED) is 0.257. The molecule has 1 aliphatic rings. The molecule has 2 heterocycles. The number of piperidine rings is 1. The first-order valence-corrected chi connectivity index (χ1v) is 12.3. The zero-order chi connectivity index (χ0) is 24.1. The number of allylic oxidation sites excluding steroid dienone is 1.